The van der Waals surface area contributed by atoms with Crippen LogP contribution in [-0.4, -0.2) is 44.5 Å². The highest BCUT2D eigenvalue weighted by Crippen LogP contribution is 2.59. The van der Waals surface area contributed by atoms with Crippen LogP contribution in [0.4, 0.5) is 15.8 Å². The van der Waals surface area contributed by atoms with E-state index in [0.29, 0.717) is 43.2 Å². The normalized spacial score (nSPS) is 31.1. The van der Waals surface area contributed by atoms with Gasteiger partial charge in [0.15, 0.2) is 11.6 Å². The Bertz CT molecular complexity index is 720. The van der Waals surface area contributed by atoms with E-state index >= 15 is 4.39 Å². The van der Waals surface area contributed by atoms with Crippen LogP contribution < -0.4 is 26.1 Å². The van der Waals surface area contributed by atoms with Crippen molar-refractivity contribution in [3.05, 3.63) is 17.4 Å². The molecule has 0 aromatic heterocycles. The highest BCUT2D eigenvalue weighted by Gasteiger charge is 2.59. The molecule has 2 saturated carbocycles. The number of nitrogens with two attached hydrogens (primary N) is 2. The fourth-order valence-electron chi connectivity index (χ4n) is 4.88. The van der Waals surface area contributed by atoms with Crippen LogP contribution in [0.5, 0.6) is 5.75 Å². The molecular formula is C18H26FN5O. The Balaban J connectivity index is 1.59. The molecule has 25 heavy (non-hydrogen) atoms. The summed E-state index contributed by atoms with van der Waals surface area (Å²) in [7, 11) is 1.65. The number of halogens is 1. The lowest BCUT2D eigenvalue weighted by Gasteiger charge is -2.39. The van der Waals surface area contributed by atoms with E-state index in [1.165, 1.54) is 6.42 Å². The molecule has 3 fully saturated rings. The van der Waals surface area contributed by atoms with Crippen LogP contribution in [0.1, 0.15) is 24.8 Å². The SMILES string of the molecule is COc1c(N2CC3CC3(CN)C2)c(F)cc2c1N(C1CC1)CN(N)C2. The van der Waals surface area contributed by atoms with E-state index in [0.717, 1.165) is 37.2 Å². The van der Waals surface area contributed by atoms with Gasteiger partial charge >= 0.3 is 0 Å². The van der Waals surface area contributed by atoms with E-state index in [1.54, 1.807) is 18.2 Å². The average molecular weight is 347 g/mol. The van der Waals surface area contributed by atoms with Crippen LogP contribution in [0.15, 0.2) is 6.07 Å². The first-order valence-corrected chi connectivity index (χ1v) is 9.17. The monoisotopic (exact) mass is 347 g/mol. The molecule has 5 rings (SSSR count). The Morgan fingerprint density at radius 3 is 2.80 bits per heavy atom. The fraction of sp³-hybridized carbons (Fsp3) is 0.667. The van der Waals surface area contributed by atoms with Crippen LogP contribution in [0.25, 0.3) is 0 Å². The van der Waals surface area contributed by atoms with Crippen molar-refractivity contribution in [3.63, 3.8) is 0 Å². The van der Waals surface area contributed by atoms with Gasteiger partial charge in [-0.05, 0) is 43.4 Å². The molecule has 1 aromatic rings. The van der Waals surface area contributed by atoms with Crippen molar-refractivity contribution in [2.75, 3.05) is 43.2 Å². The van der Waals surface area contributed by atoms with Gasteiger partial charge in [-0.15, -0.1) is 0 Å². The van der Waals surface area contributed by atoms with Gasteiger partial charge in [0.2, 0.25) is 0 Å². The molecular weight excluding hydrogens is 321 g/mol. The molecule has 4 N–H and O–H groups in total. The molecule has 2 atom stereocenters. The van der Waals surface area contributed by atoms with E-state index in [4.69, 9.17) is 16.3 Å². The number of benzene rings is 1. The molecule has 2 aliphatic heterocycles. The second-order valence-electron chi connectivity index (χ2n) is 8.19. The zero-order chi connectivity index (χ0) is 17.3. The first kappa shape index (κ1) is 15.7. The number of rotatable bonds is 4. The summed E-state index contributed by atoms with van der Waals surface area (Å²) in [5, 5.41) is 1.74. The number of piperidine rings is 1. The van der Waals surface area contributed by atoms with Gasteiger partial charge < -0.3 is 20.3 Å². The number of hydrogen-bond donors (Lipinski definition) is 2. The third-order valence-corrected chi connectivity index (χ3v) is 6.48. The summed E-state index contributed by atoms with van der Waals surface area (Å²) in [5.41, 5.74) is 8.72. The maximum Gasteiger partial charge on any atom is 0.168 e. The minimum atomic E-state index is -0.213. The van der Waals surface area contributed by atoms with Gasteiger partial charge in [0.1, 0.15) is 5.69 Å². The van der Waals surface area contributed by atoms with Crippen LogP contribution in [0.3, 0.4) is 0 Å². The van der Waals surface area contributed by atoms with Crippen LogP contribution in [-0.2, 0) is 6.54 Å². The largest absolute Gasteiger partial charge is 0.492 e. The standard InChI is InChI=1S/C18H26FN5O/c1-25-17-15-11(6-23(21)10-24(15)13-2-3-13)4-14(19)16(17)22-7-12-5-18(12,8-20)9-22/h4,12-13H,2-3,5-10,20-21H2,1H3. The van der Waals surface area contributed by atoms with Crippen LogP contribution in [0.2, 0.25) is 0 Å². The number of ether oxygens (including phenoxy) is 1. The van der Waals surface area contributed by atoms with E-state index in [1.807, 2.05) is 0 Å². The average Bonchev–Trinajstić information content (AvgIpc) is 3.50. The molecule has 2 heterocycles. The van der Waals surface area contributed by atoms with Crippen LogP contribution >= 0.6 is 0 Å². The van der Waals surface area contributed by atoms with E-state index in [2.05, 4.69) is 9.80 Å². The summed E-state index contributed by atoms with van der Waals surface area (Å²) in [6.45, 7) is 3.58. The third-order valence-electron chi connectivity index (χ3n) is 6.48. The topological polar surface area (TPSA) is 71.0 Å². The lowest BCUT2D eigenvalue weighted by atomic mass is 10.0. The molecule has 2 unspecified atom stereocenters. The maximum absolute atomic E-state index is 15.1. The smallest absolute Gasteiger partial charge is 0.168 e. The molecule has 0 amide bonds. The summed E-state index contributed by atoms with van der Waals surface area (Å²) in [4.78, 5) is 4.44. The van der Waals surface area contributed by atoms with Crippen molar-refractivity contribution < 1.29 is 9.13 Å². The Morgan fingerprint density at radius 1 is 1.36 bits per heavy atom. The maximum atomic E-state index is 15.1. The minimum Gasteiger partial charge on any atom is -0.492 e. The van der Waals surface area contributed by atoms with Crippen molar-refractivity contribution in [1.82, 2.24) is 5.01 Å². The molecule has 4 aliphatic rings. The Morgan fingerprint density at radius 2 is 2.16 bits per heavy atom. The summed E-state index contributed by atoms with van der Waals surface area (Å²) >= 11 is 0. The fourth-order valence-corrected chi connectivity index (χ4v) is 4.88. The second kappa shape index (κ2) is 5.22. The lowest BCUT2D eigenvalue weighted by molar-refractivity contribution is 0.255. The van der Waals surface area contributed by atoms with Crippen molar-refractivity contribution in [1.29, 1.82) is 0 Å². The first-order chi connectivity index (χ1) is 12.1. The zero-order valence-corrected chi connectivity index (χ0v) is 14.7. The molecule has 0 spiro atoms. The van der Waals surface area contributed by atoms with Gasteiger partial charge in [-0.3, -0.25) is 5.84 Å². The van der Waals surface area contributed by atoms with Gasteiger partial charge in [0.25, 0.3) is 0 Å². The van der Waals surface area contributed by atoms with Gasteiger partial charge in [0, 0.05) is 31.1 Å². The minimum absolute atomic E-state index is 0.192. The Labute approximate surface area is 147 Å². The molecule has 1 saturated heterocycles. The molecule has 7 heteroatoms. The van der Waals surface area contributed by atoms with E-state index in [-0.39, 0.29) is 11.2 Å². The quantitative estimate of drug-likeness (QED) is 0.799. The zero-order valence-electron chi connectivity index (χ0n) is 14.7. The Hall–Kier alpha value is -1.57. The molecule has 2 aliphatic carbocycles. The lowest BCUT2D eigenvalue weighted by Crippen LogP contribution is -2.47. The van der Waals surface area contributed by atoms with Crippen molar-refractivity contribution in [3.8, 4) is 5.75 Å². The van der Waals surface area contributed by atoms with Crippen molar-refractivity contribution in [2.45, 2.75) is 31.8 Å². The molecule has 6 nitrogen and oxygen atoms in total. The van der Waals surface area contributed by atoms with Gasteiger partial charge in [-0.2, -0.15) is 0 Å². The first-order valence-electron chi connectivity index (χ1n) is 9.17. The van der Waals surface area contributed by atoms with Gasteiger partial charge in [-0.25, -0.2) is 9.40 Å². The van der Waals surface area contributed by atoms with Crippen LogP contribution in [0, 0.1) is 17.2 Å². The van der Waals surface area contributed by atoms with Crippen molar-refractivity contribution in [2.24, 2.45) is 22.9 Å². The number of hydrazine groups is 1. The molecule has 136 valence electrons. The molecule has 0 radical (unpaired) electrons. The molecule has 1 aromatic carbocycles. The highest BCUT2D eigenvalue weighted by molar-refractivity contribution is 5.78. The van der Waals surface area contributed by atoms with Gasteiger partial charge in [-0.1, -0.05) is 0 Å². The van der Waals surface area contributed by atoms with Crippen molar-refractivity contribution >= 4 is 11.4 Å². The summed E-state index contributed by atoms with van der Waals surface area (Å²) < 4.78 is 20.9. The summed E-state index contributed by atoms with van der Waals surface area (Å²) in [5.74, 6) is 7.12. The second-order valence-corrected chi connectivity index (χ2v) is 8.19. The third kappa shape index (κ3) is 2.26. The molecule has 0 bridgehead atoms. The van der Waals surface area contributed by atoms with E-state index in [9.17, 15) is 0 Å². The number of nitrogens with zero attached hydrogens (tertiary/aromatic N) is 3. The summed E-state index contributed by atoms with van der Waals surface area (Å²) in [6, 6.07) is 2.14. The number of hydrogen-bond acceptors (Lipinski definition) is 6. The summed E-state index contributed by atoms with van der Waals surface area (Å²) in [6.07, 6.45) is 3.49. The predicted octanol–water partition coefficient (Wildman–Crippen LogP) is 1.23. The number of methoxy groups -OCH3 is 1. The highest BCUT2D eigenvalue weighted by atomic mass is 19.1. The Kier molecular flexibility index (Phi) is 3.27. The number of fused-ring (bicyclic) bond motifs is 2. The van der Waals surface area contributed by atoms with Gasteiger partial charge in [0.05, 0.1) is 19.5 Å². The van der Waals surface area contributed by atoms with E-state index < -0.39 is 0 Å². The number of anilines is 2. The predicted molar refractivity (Wildman–Crippen MR) is 94.9 cm³/mol.